The molecule has 4 nitrogen and oxygen atoms in total. The minimum Gasteiger partial charge on any atom is -0.497 e. The number of hydrogen-bond donors (Lipinski definition) is 1. The van der Waals surface area contributed by atoms with Gasteiger partial charge in [0, 0.05) is 21.5 Å². The predicted octanol–water partition coefficient (Wildman–Crippen LogP) is 4.69. The number of methoxy groups -OCH3 is 1. The predicted molar refractivity (Wildman–Crippen MR) is 94.0 cm³/mol. The van der Waals surface area contributed by atoms with Gasteiger partial charge in [-0.25, -0.2) is 0 Å². The van der Waals surface area contributed by atoms with Crippen molar-refractivity contribution in [2.45, 2.75) is 13.3 Å². The summed E-state index contributed by atoms with van der Waals surface area (Å²) in [6, 6.07) is 11.4. The number of rotatable bonds is 4. The molecule has 5 heteroatoms. The second kappa shape index (κ2) is 6.46. The first kappa shape index (κ1) is 15.6. The molecule has 0 aliphatic rings. The molecule has 118 valence electrons. The molecule has 0 spiro atoms. The molecule has 0 fully saturated rings. The summed E-state index contributed by atoms with van der Waals surface area (Å²) in [5.74, 6) is 0.638. The fraction of sp³-hybridized carbons (Fsp3) is 0.167. The highest BCUT2D eigenvalue weighted by molar-refractivity contribution is 9.10. The number of amides is 1. The normalized spacial score (nSPS) is 10.7. The van der Waals surface area contributed by atoms with Gasteiger partial charge in [0.1, 0.15) is 11.3 Å². The molecular weight excluding hydrogens is 358 g/mol. The van der Waals surface area contributed by atoms with E-state index >= 15 is 0 Å². The lowest BCUT2D eigenvalue weighted by Crippen LogP contribution is -2.14. The van der Waals surface area contributed by atoms with Crippen LogP contribution in [0.15, 0.2) is 51.6 Å². The van der Waals surface area contributed by atoms with Crippen molar-refractivity contribution < 1.29 is 13.9 Å². The van der Waals surface area contributed by atoms with Gasteiger partial charge < -0.3 is 14.5 Å². The number of carbonyl (C=O) groups excluding carboxylic acids is 1. The van der Waals surface area contributed by atoms with E-state index in [4.69, 9.17) is 9.15 Å². The molecule has 2 aromatic carbocycles. The van der Waals surface area contributed by atoms with Crippen molar-refractivity contribution in [1.29, 1.82) is 0 Å². The van der Waals surface area contributed by atoms with Crippen LogP contribution in [0, 0.1) is 6.92 Å². The van der Waals surface area contributed by atoms with Crippen molar-refractivity contribution in [3.8, 4) is 5.75 Å². The molecule has 0 saturated heterocycles. The largest absolute Gasteiger partial charge is 0.497 e. The first-order chi connectivity index (χ1) is 11.1. The van der Waals surface area contributed by atoms with Crippen molar-refractivity contribution in [3.05, 3.63) is 58.3 Å². The van der Waals surface area contributed by atoms with Gasteiger partial charge in [0.15, 0.2) is 0 Å². The highest BCUT2D eigenvalue weighted by Crippen LogP contribution is 2.27. The zero-order valence-corrected chi connectivity index (χ0v) is 14.4. The maximum atomic E-state index is 12.3. The Morgan fingerprint density at radius 3 is 2.83 bits per heavy atom. The molecule has 0 atom stereocenters. The Morgan fingerprint density at radius 2 is 2.09 bits per heavy atom. The lowest BCUT2D eigenvalue weighted by atomic mass is 10.1. The van der Waals surface area contributed by atoms with E-state index in [1.807, 2.05) is 43.3 Å². The number of carbonyl (C=O) groups is 1. The summed E-state index contributed by atoms with van der Waals surface area (Å²) in [4.78, 5) is 12.3. The SMILES string of the molecule is COc1ccc2c(CC(=O)Nc3ccc(C)cc3Br)coc2c1. The molecule has 1 heterocycles. The van der Waals surface area contributed by atoms with Crippen LogP contribution in [0.4, 0.5) is 5.69 Å². The highest BCUT2D eigenvalue weighted by atomic mass is 79.9. The molecule has 0 unspecified atom stereocenters. The van der Waals surface area contributed by atoms with Crippen molar-refractivity contribution in [2.75, 3.05) is 12.4 Å². The van der Waals surface area contributed by atoms with E-state index in [2.05, 4.69) is 21.2 Å². The molecule has 1 aromatic heterocycles. The molecular formula is C18H16BrNO3. The van der Waals surface area contributed by atoms with E-state index in [-0.39, 0.29) is 12.3 Å². The number of nitrogens with one attached hydrogen (secondary N) is 1. The Morgan fingerprint density at radius 1 is 1.26 bits per heavy atom. The number of fused-ring (bicyclic) bond motifs is 1. The Bertz CT molecular complexity index is 870. The Kier molecular flexibility index (Phi) is 4.39. The quantitative estimate of drug-likeness (QED) is 0.721. The molecule has 3 aromatic rings. The van der Waals surface area contributed by atoms with Gasteiger partial charge >= 0.3 is 0 Å². The zero-order chi connectivity index (χ0) is 16.4. The van der Waals surface area contributed by atoms with Crippen LogP contribution >= 0.6 is 15.9 Å². The average Bonchev–Trinajstić information content (AvgIpc) is 2.92. The van der Waals surface area contributed by atoms with Crippen molar-refractivity contribution >= 4 is 38.5 Å². The van der Waals surface area contributed by atoms with Gasteiger partial charge in [0.2, 0.25) is 5.91 Å². The number of benzene rings is 2. The van der Waals surface area contributed by atoms with Gasteiger partial charge in [-0.1, -0.05) is 6.07 Å². The summed E-state index contributed by atoms with van der Waals surface area (Å²) in [6.07, 6.45) is 1.87. The standard InChI is InChI=1S/C18H16BrNO3/c1-11-3-6-16(15(19)7-11)20-18(21)8-12-10-23-17-9-13(22-2)4-5-14(12)17/h3-7,9-10H,8H2,1-2H3,(H,20,21). The van der Waals surface area contributed by atoms with E-state index in [1.54, 1.807) is 13.4 Å². The monoisotopic (exact) mass is 373 g/mol. The first-order valence-electron chi connectivity index (χ1n) is 7.17. The van der Waals surface area contributed by atoms with E-state index in [0.717, 1.165) is 32.4 Å². The van der Waals surface area contributed by atoms with Crippen LogP contribution in [0.5, 0.6) is 5.75 Å². The molecule has 1 N–H and O–H groups in total. The molecule has 0 bridgehead atoms. The molecule has 0 saturated carbocycles. The summed E-state index contributed by atoms with van der Waals surface area (Å²) in [7, 11) is 1.61. The van der Waals surface area contributed by atoms with Crippen LogP contribution < -0.4 is 10.1 Å². The molecule has 0 radical (unpaired) electrons. The number of aryl methyl sites for hydroxylation is 1. The van der Waals surface area contributed by atoms with Crippen molar-refractivity contribution in [1.82, 2.24) is 0 Å². The topological polar surface area (TPSA) is 51.5 Å². The summed E-state index contributed by atoms with van der Waals surface area (Å²) >= 11 is 3.46. The van der Waals surface area contributed by atoms with Gasteiger partial charge in [-0.05, 0) is 52.7 Å². The molecule has 0 aliphatic heterocycles. The molecule has 23 heavy (non-hydrogen) atoms. The van der Waals surface area contributed by atoms with Gasteiger partial charge in [-0.15, -0.1) is 0 Å². The lowest BCUT2D eigenvalue weighted by molar-refractivity contribution is -0.115. The third-order valence-corrected chi connectivity index (χ3v) is 4.27. The Labute approximate surface area is 142 Å². The van der Waals surface area contributed by atoms with Crippen molar-refractivity contribution in [3.63, 3.8) is 0 Å². The van der Waals surface area contributed by atoms with Gasteiger partial charge in [-0.2, -0.15) is 0 Å². The maximum Gasteiger partial charge on any atom is 0.228 e. The zero-order valence-electron chi connectivity index (χ0n) is 12.9. The molecule has 0 aliphatic carbocycles. The number of halogens is 1. The number of furan rings is 1. The van der Waals surface area contributed by atoms with E-state index in [0.29, 0.717) is 5.58 Å². The molecule has 3 rings (SSSR count). The van der Waals surface area contributed by atoms with Gasteiger partial charge in [0.05, 0.1) is 25.5 Å². The smallest absolute Gasteiger partial charge is 0.228 e. The summed E-state index contributed by atoms with van der Waals surface area (Å²) in [6.45, 7) is 2.00. The van der Waals surface area contributed by atoms with Crippen LogP contribution in [0.1, 0.15) is 11.1 Å². The van der Waals surface area contributed by atoms with E-state index in [9.17, 15) is 4.79 Å². The first-order valence-corrected chi connectivity index (χ1v) is 7.96. The van der Waals surface area contributed by atoms with Gasteiger partial charge in [-0.3, -0.25) is 4.79 Å². The highest BCUT2D eigenvalue weighted by Gasteiger charge is 2.12. The van der Waals surface area contributed by atoms with Crippen LogP contribution in [0.2, 0.25) is 0 Å². The van der Waals surface area contributed by atoms with Crippen LogP contribution in [-0.4, -0.2) is 13.0 Å². The summed E-state index contributed by atoms with van der Waals surface area (Å²) in [5.41, 5.74) is 3.45. The number of ether oxygens (including phenoxy) is 1. The minimum absolute atomic E-state index is 0.0897. The van der Waals surface area contributed by atoms with Gasteiger partial charge in [0.25, 0.3) is 0 Å². The Hall–Kier alpha value is -2.27. The third kappa shape index (κ3) is 3.40. The van der Waals surface area contributed by atoms with Crippen LogP contribution in [-0.2, 0) is 11.2 Å². The second-order valence-corrected chi connectivity index (χ2v) is 6.19. The summed E-state index contributed by atoms with van der Waals surface area (Å²) < 4.78 is 11.6. The minimum atomic E-state index is -0.0897. The number of anilines is 1. The number of hydrogen-bond acceptors (Lipinski definition) is 3. The van der Waals surface area contributed by atoms with E-state index in [1.165, 1.54) is 0 Å². The fourth-order valence-corrected chi connectivity index (χ4v) is 3.01. The maximum absolute atomic E-state index is 12.3. The molecule has 1 amide bonds. The lowest BCUT2D eigenvalue weighted by Gasteiger charge is -2.07. The van der Waals surface area contributed by atoms with Crippen LogP contribution in [0.25, 0.3) is 11.0 Å². The summed E-state index contributed by atoms with van der Waals surface area (Å²) in [5, 5.41) is 3.83. The fourth-order valence-electron chi connectivity index (χ4n) is 2.42. The van der Waals surface area contributed by atoms with Crippen molar-refractivity contribution in [2.24, 2.45) is 0 Å². The third-order valence-electron chi connectivity index (χ3n) is 3.61. The van der Waals surface area contributed by atoms with E-state index < -0.39 is 0 Å². The average molecular weight is 374 g/mol. The second-order valence-electron chi connectivity index (χ2n) is 5.33. The van der Waals surface area contributed by atoms with Crippen LogP contribution in [0.3, 0.4) is 0 Å². The Balaban J connectivity index is 1.77.